The predicted octanol–water partition coefficient (Wildman–Crippen LogP) is 7.06. The van der Waals surface area contributed by atoms with Crippen LogP contribution in [0.4, 0.5) is 69.7 Å². The molecule has 10 N–H and O–H groups in total. The Hall–Kier alpha value is -8.19. The van der Waals surface area contributed by atoms with E-state index in [4.69, 9.17) is 60.5 Å². The van der Waals surface area contributed by atoms with Gasteiger partial charge in [-0.1, -0.05) is 31.2 Å². The van der Waals surface area contributed by atoms with Crippen LogP contribution < -0.4 is 31.6 Å². The van der Waals surface area contributed by atoms with Crippen molar-refractivity contribution in [3.05, 3.63) is 93.2 Å². The summed E-state index contributed by atoms with van der Waals surface area (Å²) in [7, 11) is 0. The number of nitrogens with zero attached hydrogens (tertiary/aromatic N) is 2. The number of carbonyl (C=O) groups excluding carboxylic acids is 2. The fourth-order valence-corrected chi connectivity index (χ4v) is 4.94. The highest BCUT2D eigenvalue weighted by molar-refractivity contribution is 6.08. The van der Waals surface area contributed by atoms with E-state index in [1.54, 1.807) is 24.3 Å². The first kappa shape index (κ1) is 63.8. The lowest BCUT2D eigenvalue weighted by Gasteiger charge is -2.20. The van der Waals surface area contributed by atoms with Crippen LogP contribution in [-0.4, -0.2) is 110 Å². The summed E-state index contributed by atoms with van der Waals surface area (Å²) in [5.41, 5.74) is 16.4. The van der Waals surface area contributed by atoms with Gasteiger partial charge in [0.2, 0.25) is 5.91 Å². The largest absolute Gasteiger partial charge is 0.490 e. The number of benzene rings is 3. The molecule has 0 fully saturated rings. The maximum absolute atomic E-state index is 12.9. The molecule has 0 bridgehead atoms. The van der Waals surface area contributed by atoms with Gasteiger partial charge in [-0.3, -0.25) is 24.7 Å². The number of carboxylic acid groups (broad SMARTS) is 4. The van der Waals surface area contributed by atoms with Crippen LogP contribution in [0.2, 0.25) is 0 Å². The van der Waals surface area contributed by atoms with E-state index < -0.39 is 65.5 Å². The Morgan fingerprint density at radius 2 is 1.15 bits per heavy atom. The number of carboxylic acids is 4. The summed E-state index contributed by atoms with van der Waals surface area (Å²) in [6.07, 6.45) is -18.0. The molecule has 0 saturated heterocycles. The Labute approximate surface area is 395 Å². The minimum Gasteiger partial charge on any atom is -0.490 e. The second-order valence-corrected chi connectivity index (χ2v) is 13.2. The van der Waals surface area contributed by atoms with Gasteiger partial charge in [-0.25, -0.2) is 19.2 Å². The monoisotopic (exact) mass is 1060 g/mol. The van der Waals surface area contributed by atoms with E-state index in [0.717, 1.165) is 22.4 Å². The van der Waals surface area contributed by atoms with E-state index in [2.05, 4.69) is 15.6 Å². The minimum atomic E-state index is -5.08. The number of ether oxygens (including phenoxy) is 2. The van der Waals surface area contributed by atoms with Crippen LogP contribution in [0, 0.1) is 10.1 Å². The molecule has 0 radical (unpaired) electrons. The highest BCUT2D eigenvalue weighted by Gasteiger charge is 2.40. The van der Waals surface area contributed by atoms with Gasteiger partial charge in [-0.15, -0.1) is 0 Å². The number of amides is 2. The zero-order chi connectivity index (χ0) is 56.1. The number of aliphatic carboxylic acids is 4. The zero-order valence-corrected chi connectivity index (χ0v) is 36.8. The molecule has 72 heavy (non-hydrogen) atoms. The zero-order valence-electron chi connectivity index (χ0n) is 36.8. The van der Waals surface area contributed by atoms with Crippen molar-refractivity contribution in [3.63, 3.8) is 0 Å². The third kappa shape index (κ3) is 22.1. The average Bonchev–Trinajstić information content (AvgIpc) is 3.25. The van der Waals surface area contributed by atoms with Crippen LogP contribution in [-0.2, 0) is 43.4 Å². The number of alkyl halides is 12. The van der Waals surface area contributed by atoms with Gasteiger partial charge in [0.15, 0.2) is 11.5 Å². The van der Waals surface area contributed by atoms with Gasteiger partial charge in [-0.2, -0.15) is 52.7 Å². The first-order valence-corrected chi connectivity index (χ1v) is 19.3. The number of hydrogen-bond donors (Lipinski definition) is 8. The molecule has 398 valence electrons. The highest BCUT2D eigenvalue weighted by atomic mass is 19.4. The summed E-state index contributed by atoms with van der Waals surface area (Å²) >= 11 is 0. The lowest BCUT2D eigenvalue weighted by Crippen LogP contribution is -2.41. The first-order chi connectivity index (χ1) is 32.9. The van der Waals surface area contributed by atoms with Gasteiger partial charge in [0, 0.05) is 42.0 Å². The average molecular weight is 1060 g/mol. The summed E-state index contributed by atoms with van der Waals surface area (Å²) in [6, 6.07) is 14.3. The second-order valence-electron chi connectivity index (χ2n) is 13.2. The summed E-state index contributed by atoms with van der Waals surface area (Å²) in [4.78, 5) is 75.8. The number of primary amides is 1. The van der Waals surface area contributed by atoms with Crippen molar-refractivity contribution in [3.8, 4) is 11.5 Å². The smallest absolute Gasteiger partial charge is 0.490 e. The molecule has 1 heterocycles. The van der Waals surface area contributed by atoms with Gasteiger partial charge < -0.3 is 52.0 Å². The summed E-state index contributed by atoms with van der Waals surface area (Å²) in [6.45, 7) is 6.83. The van der Waals surface area contributed by atoms with Crippen molar-refractivity contribution in [2.45, 2.75) is 70.9 Å². The van der Waals surface area contributed by atoms with Gasteiger partial charge in [0.05, 0.1) is 40.9 Å². The number of nitrogens with two attached hydrogens (primary N) is 2. The van der Waals surface area contributed by atoms with Crippen LogP contribution >= 0.6 is 0 Å². The lowest BCUT2D eigenvalue weighted by molar-refractivity contribution is -0.384. The normalized spacial score (nSPS) is 11.4. The van der Waals surface area contributed by atoms with Crippen molar-refractivity contribution >= 4 is 63.7 Å². The Kier molecular flexibility index (Phi) is 24.7. The van der Waals surface area contributed by atoms with Crippen LogP contribution in [0.25, 0.3) is 10.9 Å². The predicted molar refractivity (Wildman–Crippen MR) is 223 cm³/mol. The van der Waals surface area contributed by atoms with Crippen molar-refractivity contribution in [1.82, 2.24) is 10.3 Å². The Morgan fingerprint density at radius 3 is 1.53 bits per heavy atom. The van der Waals surface area contributed by atoms with Crippen LogP contribution in [0.1, 0.15) is 47.8 Å². The van der Waals surface area contributed by atoms with Crippen molar-refractivity contribution < 1.29 is 116 Å². The molecule has 0 saturated carbocycles. The molecule has 32 heteroatoms. The standard InChI is InChI=1S/C32H36N6O6.4C2HF3O2/c1-4-22-20(17-36-32(40)25(33)14-19-10-12-21(13-11-19)38(41)42)8-7-9-26(22)37-30-23-15-28(43-5-2)29(44-6-3)16-27(23)35-18-24(30)31(34)39;4*3-2(4,5)1(6)7/h7-13,15-16,18,25H,4-6,14,17,33H2,1-3H3,(H2,34,39)(H,35,37)(H,36,40);4*(H,6,7)/t25-;;;;/m1..../s1. The van der Waals surface area contributed by atoms with Crippen molar-refractivity contribution in [1.29, 1.82) is 0 Å². The maximum atomic E-state index is 12.9. The SMILES string of the molecule is CCOc1cc2ncc(C(N)=O)c(Nc3cccc(CNC(=O)[C@H](N)Cc4ccc([N+](=O)[O-])cc4)c3CC)c2cc1OCC.O=C(O)C(F)(F)F.O=C(O)C(F)(F)F.O=C(O)C(F)(F)F.O=C(O)C(F)(F)F. The second kappa shape index (κ2) is 27.9. The third-order valence-electron chi connectivity index (χ3n) is 8.05. The van der Waals surface area contributed by atoms with E-state index in [1.165, 1.54) is 18.3 Å². The van der Waals surface area contributed by atoms with Gasteiger partial charge in [0.25, 0.3) is 11.6 Å². The van der Waals surface area contributed by atoms with E-state index >= 15 is 0 Å². The number of fused-ring (bicyclic) bond motifs is 1. The van der Waals surface area contributed by atoms with E-state index in [0.29, 0.717) is 47.7 Å². The van der Waals surface area contributed by atoms with Crippen LogP contribution in [0.5, 0.6) is 11.5 Å². The number of carbonyl (C=O) groups is 6. The molecule has 4 rings (SSSR count). The molecular formula is C40H40F12N6O14. The summed E-state index contributed by atoms with van der Waals surface area (Å²) in [5.74, 6) is -11.0. The van der Waals surface area contributed by atoms with E-state index in [1.807, 2.05) is 39.0 Å². The molecule has 0 spiro atoms. The number of hydrogen-bond acceptors (Lipinski definition) is 13. The van der Waals surface area contributed by atoms with Crippen molar-refractivity contribution in [2.75, 3.05) is 18.5 Å². The molecule has 0 unspecified atom stereocenters. The van der Waals surface area contributed by atoms with Gasteiger partial charge in [0.1, 0.15) is 0 Å². The molecule has 1 atom stereocenters. The van der Waals surface area contributed by atoms with Gasteiger partial charge in [-0.05, 0) is 55.5 Å². The Bertz CT molecular complexity index is 2430. The summed E-state index contributed by atoms with van der Waals surface area (Å²) < 4.78 is 139. The number of pyridine rings is 1. The molecule has 0 aliphatic heterocycles. The number of non-ortho nitro benzene ring substituents is 1. The molecule has 0 aliphatic rings. The first-order valence-electron chi connectivity index (χ1n) is 19.3. The maximum Gasteiger partial charge on any atom is 0.490 e. The Balaban J connectivity index is 0.00000145. The number of anilines is 2. The molecule has 0 aliphatic carbocycles. The lowest BCUT2D eigenvalue weighted by atomic mass is 10.0. The van der Waals surface area contributed by atoms with Crippen molar-refractivity contribution in [2.24, 2.45) is 11.5 Å². The third-order valence-corrected chi connectivity index (χ3v) is 8.05. The van der Waals surface area contributed by atoms with E-state index in [9.17, 15) is 72.4 Å². The fourth-order valence-electron chi connectivity index (χ4n) is 4.94. The number of nitro groups is 1. The highest BCUT2D eigenvalue weighted by Crippen LogP contribution is 2.38. The molecular weight excluding hydrogens is 1020 g/mol. The molecule has 1 aromatic heterocycles. The topological polar surface area (TPSA) is 334 Å². The number of halogens is 12. The van der Waals surface area contributed by atoms with Crippen LogP contribution in [0.15, 0.2) is 60.8 Å². The number of rotatable bonds is 14. The number of nitro benzene ring substituents is 1. The van der Waals surface area contributed by atoms with Gasteiger partial charge >= 0.3 is 48.6 Å². The number of nitrogens with one attached hydrogen (secondary N) is 2. The molecule has 4 aromatic rings. The number of aromatic nitrogens is 1. The van der Waals surface area contributed by atoms with E-state index in [-0.39, 0.29) is 30.1 Å². The summed E-state index contributed by atoms with van der Waals surface area (Å²) in [5, 5.41) is 46.3. The molecule has 2 amide bonds. The quantitative estimate of drug-likeness (QED) is 0.0356. The fraction of sp³-hybridized carbons (Fsp3) is 0.325. The molecule has 20 nitrogen and oxygen atoms in total. The Morgan fingerprint density at radius 1 is 0.722 bits per heavy atom. The molecule has 3 aromatic carbocycles. The minimum absolute atomic E-state index is 0.0277. The van der Waals surface area contributed by atoms with Crippen LogP contribution in [0.3, 0.4) is 0 Å².